The van der Waals surface area contributed by atoms with Crippen molar-refractivity contribution in [2.75, 3.05) is 38.1 Å². The molecule has 1 saturated heterocycles. The molecule has 0 amide bonds. The lowest BCUT2D eigenvalue weighted by Gasteiger charge is -2.40. The van der Waals surface area contributed by atoms with Gasteiger partial charge >= 0.3 is 6.18 Å². The van der Waals surface area contributed by atoms with Crippen molar-refractivity contribution in [3.63, 3.8) is 0 Å². The van der Waals surface area contributed by atoms with Gasteiger partial charge in [0.1, 0.15) is 5.82 Å². The highest BCUT2D eigenvalue weighted by Gasteiger charge is 2.31. The molecule has 1 aliphatic rings. The first kappa shape index (κ1) is 14.1. The highest BCUT2D eigenvalue weighted by atomic mass is 19.4. The maximum absolute atomic E-state index is 12.5. The summed E-state index contributed by atoms with van der Waals surface area (Å²) in [5.74, 6) is 0.552. The summed E-state index contributed by atoms with van der Waals surface area (Å²) >= 11 is 0. The van der Waals surface area contributed by atoms with Crippen LogP contribution >= 0.6 is 0 Å². The molecule has 2 N–H and O–H groups in total. The Labute approximate surface area is 110 Å². The standard InChI is InChI=1S/C12H17F3N4/c1-18-4-5-19(10(6-16)8-18)11-3-2-9(7-17-11)12(13,14)15/h2-3,7,10H,4-6,8,16H2,1H3. The molecule has 0 aliphatic carbocycles. The van der Waals surface area contributed by atoms with E-state index in [1.807, 2.05) is 11.9 Å². The molecule has 1 aliphatic heterocycles. The van der Waals surface area contributed by atoms with Gasteiger partial charge in [-0.2, -0.15) is 13.2 Å². The molecule has 1 fully saturated rings. The third-order valence-electron chi connectivity index (χ3n) is 3.33. The third-order valence-corrected chi connectivity index (χ3v) is 3.33. The number of anilines is 1. The normalized spacial score (nSPS) is 21.7. The zero-order valence-corrected chi connectivity index (χ0v) is 10.7. The number of aromatic nitrogens is 1. The van der Waals surface area contributed by atoms with Gasteiger partial charge in [-0.05, 0) is 19.2 Å². The van der Waals surface area contributed by atoms with Gasteiger partial charge in [0.2, 0.25) is 0 Å². The third kappa shape index (κ3) is 3.16. The minimum Gasteiger partial charge on any atom is -0.350 e. The van der Waals surface area contributed by atoms with E-state index in [-0.39, 0.29) is 6.04 Å². The van der Waals surface area contributed by atoms with Crippen LogP contribution in [0.5, 0.6) is 0 Å². The van der Waals surface area contributed by atoms with E-state index in [1.54, 1.807) is 0 Å². The Hall–Kier alpha value is -1.34. The van der Waals surface area contributed by atoms with Crippen LogP contribution < -0.4 is 10.6 Å². The molecule has 1 aromatic heterocycles. The second kappa shape index (κ2) is 5.34. The Morgan fingerprint density at radius 2 is 2.11 bits per heavy atom. The van der Waals surface area contributed by atoms with E-state index in [9.17, 15) is 13.2 Å². The summed E-state index contributed by atoms with van der Waals surface area (Å²) in [6.45, 7) is 2.81. The smallest absolute Gasteiger partial charge is 0.350 e. The predicted molar refractivity (Wildman–Crippen MR) is 66.9 cm³/mol. The van der Waals surface area contributed by atoms with E-state index >= 15 is 0 Å². The van der Waals surface area contributed by atoms with E-state index in [0.717, 1.165) is 31.9 Å². The fraction of sp³-hybridized carbons (Fsp3) is 0.583. The summed E-state index contributed by atoms with van der Waals surface area (Å²) in [4.78, 5) is 8.05. The molecule has 7 heteroatoms. The summed E-state index contributed by atoms with van der Waals surface area (Å²) in [5, 5.41) is 0. The number of hydrogen-bond acceptors (Lipinski definition) is 4. The Kier molecular flexibility index (Phi) is 3.96. The van der Waals surface area contributed by atoms with Crippen molar-refractivity contribution in [3.8, 4) is 0 Å². The van der Waals surface area contributed by atoms with E-state index in [4.69, 9.17) is 5.73 Å². The van der Waals surface area contributed by atoms with Crippen LogP contribution in [-0.4, -0.2) is 49.2 Å². The highest BCUT2D eigenvalue weighted by molar-refractivity contribution is 5.42. The molecule has 2 rings (SSSR count). The molecule has 4 nitrogen and oxygen atoms in total. The average Bonchev–Trinajstić information content (AvgIpc) is 2.37. The predicted octanol–water partition coefficient (Wildman–Crippen LogP) is 1.18. The zero-order valence-electron chi connectivity index (χ0n) is 10.7. The lowest BCUT2D eigenvalue weighted by atomic mass is 10.1. The summed E-state index contributed by atoms with van der Waals surface area (Å²) in [6.07, 6.45) is -3.47. The van der Waals surface area contributed by atoms with Gasteiger partial charge in [-0.3, -0.25) is 0 Å². The highest BCUT2D eigenvalue weighted by Crippen LogP contribution is 2.29. The Bertz CT molecular complexity index is 418. The van der Waals surface area contributed by atoms with Crippen molar-refractivity contribution in [3.05, 3.63) is 23.9 Å². The fourth-order valence-electron chi connectivity index (χ4n) is 2.24. The molecule has 1 atom stereocenters. The van der Waals surface area contributed by atoms with Gasteiger partial charge in [0, 0.05) is 32.4 Å². The van der Waals surface area contributed by atoms with E-state index in [0.29, 0.717) is 12.4 Å². The molecule has 0 bridgehead atoms. The fourth-order valence-corrected chi connectivity index (χ4v) is 2.24. The van der Waals surface area contributed by atoms with Gasteiger partial charge in [-0.25, -0.2) is 4.98 Å². The largest absolute Gasteiger partial charge is 0.417 e. The maximum Gasteiger partial charge on any atom is 0.417 e. The van der Waals surface area contributed by atoms with E-state index < -0.39 is 11.7 Å². The van der Waals surface area contributed by atoms with Crippen LogP contribution in [0, 0.1) is 0 Å². The number of alkyl halides is 3. The van der Waals surface area contributed by atoms with Crippen LogP contribution in [0.1, 0.15) is 5.56 Å². The number of halogens is 3. The average molecular weight is 274 g/mol. The van der Waals surface area contributed by atoms with E-state index in [1.165, 1.54) is 6.07 Å². The minimum absolute atomic E-state index is 0.0861. The summed E-state index contributed by atoms with van der Waals surface area (Å²) in [7, 11) is 2.00. The van der Waals surface area contributed by atoms with Crippen LogP contribution in [0.2, 0.25) is 0 Å². The minimum atomic E-state index is -4.35. The van der Waals surface area contributed by atoms with Gasteiger partial charge in [0.25, 0.3) is 0 Å². The SMILES string of the molecule is CN1CCN(c2ccc(C(F)(F)F)cn2)C(CN)C1. The topological polar surface area (TPSA) is 45.4 Å². The van der Waals surface area contributed by atoms with Gasteiger partial charge in [-0.15, -0.1) is 0 Å². The molecule has 19 heavy (non-hydrogen) atoms. The maximum atomic E-state index is 12.5. The molecule has 0 saturated carbocycles. The van der Waals surface area contributed by atoms with Gasteiger partial charge in [-0.1, -0.05) is 0 Å². The van der Waals surface area contributed by atoms with Crippen molar-refractivity contribution in [1.29, 1.82) is 0 Å². The first-order chi connectivity index (χ1) is 8.91. The first-order valence-corrected chi connectivity index (χ1v) is 6.10. The van der Waals surface area contributed by atoms with Crippen molar-refractivity contribution in [2.24, 2.45) is 5.73 Å². The lowest BCUT2D eigenvalue weighted by Crippen LogP contribution is -2.55. The second-order valence-corrected chi connectivity index (χ2v) is 4.75. The molecule has 1 aromatic rings. The zero-order chi connectivity index (χ0) is 14.0. The van der Waals surface area contributed by atoms with Crippen LogP contribution in [-0.2, 0) is 6.18 Å². The number of nitrogens with zero attached hydrogens (tertiary/aromatic N) is 3. The van der Waals surface area contributed by atoms with Crippen LogP contribution in [0.3, 0.4) is 0 Å². The van der Waals surface area contributed by atoms with Gasteiger partial charge in [0.15, 0.2) is 0 Å². The molecule has 0 radical (unpaired) electrons. The molecule has 2 heterocycles. The number of likely N-dealkylation sites (N-methyl/N-ethyl adjacent to an activating group) is 1. The van der Waals surface area contributed by atoms with Crippen LogP contribution in [0.15, 0.2) is 18.3 Å². The first-order valence-electron chi connectivity index (χ1n) is 6.10. The van der Waals surface area contributed by atoms with Gasteiger partial charge in [0.05, 0.1) is 11.6 Å². The summed E-state index contributed by atoms with van der Waals surface area (Å²) in [6, 6.07) is 2.56. The van der Waals surface area contributed by atoms with E-state index in [2.05, 4.69) is 9.88 Å². The number of nitrogens with two attached hydrogens (primary N) is 1. The number of pyridine rings is 1. The number of rotatable bonds is 2. The monoisotopic (exact) mass is 274 g/mol. The number of piperazine rings is 1. The summed E-state index contributed by atoms with van der Waals surface area (Å²) < 4.78 is 37.4. The Morgan fingerprint density at radius 1 is 1.37 bits per heavy atom. The van der Waals surface area contributed by atoms with Crippen LogP contribution in [0.25, 0.3) is 0 Å². The Morgan fingerprint density at radius 3 is 2.63 bits per heavy atom. The van der Waals surface area contributed by atoms with Crippen molar-refractivity contribution in [2.45, 2.75) is 12.2 Å². The lowest BCUT2D eigenvalue weighted by molar-refractivity contribution is -0.137. The molecule has 0 aromatic carbocycles. The van der Waals surface area contributed by atoms with Crippen LogP contribution in [0.4, 0.5) is 19.0 Å². The quantitative estimate of drug-likeness (QED) is 0.879. The molecule has 0 spiro atoms. The van der Waals surface area contributed by atoms with Crippen molar-refractivity contribution < 1.29 is 13.2 Å². The molecule has 106 valence electrons. The second-order valence-electron chi connectivity index (χ2n) is 4.75. The van der Waals surface area contributed by atoms with Crippen molar-refractivity contribution >= 4 is 5.82 Å². The summed E-state index contributed by atoms with van der Waals surface area (Å²) in [5.41, 5.74) is 4.99. The molecule has 1 unspecified atom stereocenters. The van der Waals surface area contributed by atoms with Crippen molar-refractivity contribution in [1.82, 2.24) is 9.88 Å². The molecular formula is C12H17F3N4. The molecular weight excluding hydrogens is 257 g/mol. The van der Waals surface area contributed by atoms with Gasteiger partial charge < -0.3 is 15.5 Å². The number of hydrogen-bond donors (Lipinski definition) is 1. The Balaban J connectivity index is 2.17.